The van der Waals surface area contributed by atoms with E-state index in [9.17, 15) is 19.7 Å². The van der Waals surface area contributed by atoms with Crippen molar-refractivity contribution in [1.82, 2.24) is 0 Å². The van der Waals surface area contributed by atoms with Crippen molar-refractivity contribution in [3.63, 3.8) is 0 Å². The van der Waals surface area contributed by atoms with E-state index < -0.39 is 22.2 Å². The number of hydrogen-bond donors (Lipinski definition) is 1. The Morgan fingerprint density at radius 1 is 0.941 bits per heavy atom. The molecule has 7 heteroatoms. The van der Waals surface area contributed by atoms with Crippen LogP contribution in [0, 0.1) is 10.1 Å². The first-order chi connectivity index (χ1) is 16.3. The fourth-order valence-corrected chi connectivity index (χ4v) is 4.13. The van der Waals surface area contributed by atoms with E-state index in [0.29, 0.717) is 5.39 Å². The van der Waals surface area contributed by atoms with Crippen LogP contribution in [0.4, 0.5) is 5.69 Å². The van der Waals surface area contributed by atoms with Gasteiger partial charge in [0.15, 0.2) is 5.78 Å². The normalized spacial score (nSPS) is 12.6. The zero-order chi connectivity index (χ0) is 24.3. The van der Waals surface area contributed by atoms with Crippen molar-refractivity contribution in [2.24, 2.45) is 5.73 Å². The fraction of sp³-hybridized carbons (Fsp3) is 0.111. The zero-order valence-electron chi connectivity index (χ0n) is 18.4. The van der Waals surface area contributed by atoms with Crippen molar-refractivity contribution in [2.75, 3.05) is 0 Å². The quantitative estimate of drug-likeness (QED) is 0.188. The number of benzene rings is 4. The first-order valence-corrected chi connectivity index (χ1v) is 10.6. The van der Waals surface area contributed by atoms with Crippen LogP contribution in [0.15, 0.2) is 91.0 Å². The Balaban J connectivity index is 2.03. The van der Waals surface area contributed by atoms with Crippen molar-refractivity contribution >= 4 is 28.2 Å². The molecule has 0 spiro atoms. The van der Waals surface area contributed by atoms with Crippen molar-refractivity contribution in [3.05, 3.63) is 118 Å². The molecule has 4 aromatic carbocycles. The number of esters is 1. The Labute approximate surface area is 195 Å². The number of hydrogen-bond acceptors (Lipinski definition) is 6. The summed E-state index contributed by atoms with van der Waals surface area (Å²) in [6.45, 7) is 1.26. The van der Waals surface area contributed by atoms with Crippen LogP contribution in [0.1, 0.15) is 23.6 Å². The van der Waals surface area contributed by atoms with Gasteiger partial charge >= 0.3 is 5.97 Å². The molecule has 2 N–H and O–H groups in total. The summed E-state index contributed by atoms with van der Waals surface area (Å²) < 4.78 is 5.49. The molecule has 1 unspecified atom stereocenters. The topological polar surface area (TPSA) is 113 Å². The van der Waals surface area contributed by atoms with Gasteiger partial charge in [-0.15, -0.1) is 0 Å². The van der Waals surface area contributed by atoms with Crippen LogP contribution in [0.25, 0.3) is 10.8 Å². The molecule has 0 aliphatic heterocycles. The van der Waals surface area contributed by atoms with Crippen molar-refractivity contribution in [1.29, 1.82) is 0 Å². The van der Waals surface area contributed by atoms with Crippen molar-refractivity contribution < 1.29 is 19.2 Å². The van der Waals surface area contributed by atoms with E-state index in [1.807, 2.05) is 42.5 Å². The number of ketones is 1. The van der Waals surface area contributed by atoms with Gasteiger partial charge in [0.25, 0.3) is 5.69 Å². The number of nitro groups is 1. The Bertz CT molecular complexity index is 1400. The van der Waals surface area contributed by atoms with E-state index in [4.69, 9.17) is 10.5 Å². The van der Waals surface area contributed by atoms with E-state index in [1.165, 1.54) is 25.1 Å². The van der Waals surface area contributed by atoms with E-state index in [1.54, 1.807) is 30.3 Å². The lowest BCUT2D eigenvalue weighted by atomic mass is 9.75. The highest BCUT2D eigenvalue weighted by Crippen LogP contribution is 2.41. The zero-order valence-corrected chi connectivity index (χ0v) is 18.4. The number of rotatable bonds is 7. The number of nitrogens with zero attached hydrogens (tertiary/aromatic N) is 1. The highest BCUT2D eigenvalue weighted by molar-refractivity contribution is 6.01. The van der Waals surface area contributed by atoms with Crippen molar-refractivity contribution in [3.8, 4) is 5.75 Å². The van der Waals surface area contributed by atoms with Crippen LogP contribution in [0.2, 0.25) is 0 Å². The molecule has 0 saturated heterocycles. The lowest BCUT2D eigenvalue weighted by Crippen LogP contribution is -2.47. The largest absolute Gasteiger partial charge is 0.426 e. The Morgan fingerprint density at radius 2 is 1.65 bits per heavy atom. The average Bonchev–Trinajstić information content (AvgIpc) is 2.83. The number of fused-ring (bicyclic) bond motifs is 1. The van der Waals surface area contributed by atoms with Gasteiger partial charge in [-0.25, -0.2) is 0 Å². The summed E-state index contributed by atoms with van der Waals surface area (Å²) in [6.07, 6.45) is -0.0250. The lowest BCUT2D eigenvalue weighted by Gasteiger charge is -2.32. The number of Topliss-reactive ketones (excluding diaryl/α,β-unsaturated/α-hetero) is 1. The van der Waals surface area contributed by atoms with Crippen molar-refractivity contribution in [2.45, 2.75) is 18.9 Å². The molecule has 34 heavy (non-hydrogen) atoms. The van der Waals surface area contributed by atoms with Gasteiger partial charge in [0, 0.05) is 31.0 Å². The number of carbonyl (C=O) groups excluding carboxylic acids is 2. The molecule has 1 atom stereocenters. The lowest BCUT2D eigenvalue weighted by molar-refractivity contribution is -0.384. The molecule has 0 aliphatic carbocycles. The second-order valence-electron chi connectivity index (χ2n) is 7.95. The average molecular weight is 454 g/mol. The summed E-state index contributed by atoms with van der Waals surface area (Å²) in [5.41, 5.74) is 6.19. The highest BCUT2D eigenvalue weighted by atomic mass is 16.6. The van der Waals surface area contributed by atoms with E-state index >= 15 is 0 Å². The van der Waals surface area contributed by atoms with Gasteiger partial charge in [-0.2, -0.15) is 0 Å². The summed E-state index contributed by atoms with van der Waals surface area (Å²) in [4.78, 5) is 36.9. The molecule has 0 radical (unpaired) electrons. The summed E-state index contributed by atoms with van der Waals surface area (Å²) in [7, 11) is 0. The van der Waals surface area contributed by atoms with Crippen LogP contribution in [-0.4, -0.2) is 16.7 Å². The number of non-ortho nitro benzene ring substituents is 1. The molecule has 0 aliphatic rings. The van der Waals surface area contributed by atoms with E-state index in [0.717, 1.165) is 10.9 Å². The second-order valence-corrected chi connectivity index (χ2v) is 7.95. The van der Waals surface area contributed by atoms with Crippen LogP contribution in [0.5, 0.6) is 5.75 Å². The predicted molar refractivity (Wildman–Crippen MR) is 128 cm³/mol. The Hall–Kier alpha value is -4.36. The van der Waals surface area contributed by atoms with Gasteiger partial charge < -0.3 is 10.5 Å². The molecular formula is C27H22N2O5. The van der Waals surface area contributed by atoms with Crippen LogP contribution in [-0.2, 0) is 21.5 Å². The molecule has 0 fully saturated rings. The SMILES string of the molecule is CC(=O)Oc1ccc2ccccc2c1C(N)(C(=O)Cc1ccccc1)c1cccc([N+](=O)[O-])c1. The molecule has 0 bridgehead atoms. The van der Waals surface area contributed by atoms with Gasteiger partial charge in [0.1, 0.15) is 11.3 Å². The minimum Gasteiger partial charge on any atom is -0.426 e. The minimum absolute atomic E-state index is 0.0250. The first kappa shape index (κ1) is 22.8. The van der Waals surface area contributed by atoms with Crippen LogP contribution < -0.4 is 10.5 Å². The second kappa shape index (κ2) is 9.25. The highest BCUT2D eigenvalue weighted by Gasteiger charge is 2.42. The maximum absolute atomic E-state index is 14.0. The standard InChI is InChI=1S/C27H22N2O5/c1-18(30)34-24-15-14-20-10-5-6-13-23(20)26(24)27(28,21-11-7-12-22(17-21)29(32)33)25(31)16-19-8-3-2-4-9-19/h2-15,17H,16,28H2,1H3. The molecular weight excluding hydrogens is 432 g/mol. The maximum Gasteiger partial charge on any atom is 0.308 e. The molecule has 0 aromatic heterocycles. The molecule has 170 valence electrons. The van der Waals surface area contributed by atoms with E-state index in [2.05, 4.69) is 0 Å². The smallest absolute Gasteiger partial charge is 0.308 e. The van der Waals surface area contributed by atoms with Gasteiger partial charge in [-0.3, -0.25) is 19.7 Å². The molecule has 4 aromatic rings. The first-order valence-electron chi connectivity index (χ1n) is 10.6. The Morgan fingerprint density at radius 3 is 2.35 bits per heavy atom. The van der Waals surface area contributed by atoms with E-state index in [-0.39, 0.29) is 29.0 Å². The summed E-state index contributed by atoms with van der Waals surface area (Å²) in [5.74, 6) is -0.848. The molecule has 0 heterocycles. The van der Waals surface area contributed by atoms with Gasteiger partial charge in [-0.1, -0.05) is 72.8 Å². The summed E-state index contributed by atoms with van der Waals surface area (Å²) in [5, 5.41) is 12.9. The third-order valence-electron chi connectivity index (χ3n) is 5.70. The molecule has 7 nitrogen and oxygen atoms in total. The third-order valence-corrected chi connectivity index (χ3v) is 5.70. The molecule has 4 rings (SSSR count). The monoisotopic (exact) mass is 454 g/mol. The predicted octanol–water partition coefficient (Wildman–Crippen LogP) is 4.69. The number of ether oxygens (including phenoxy) is 1. The Kier molecular flexibility index (Phi) is 6.21. The summed E-state index contributed by atoms with van der Waals surface area (Å²) >= 11 is 0. The maximum atomic E-state index is 14.0. The number of carbonyl (C=O) groups is 2. The van der Waals surface area contributed by atoms with Gasteiger partial charge in [-0.05, 0) is 28.0 Å². The van der Waals surface area contributed by atoms with Gasteiger partial charge in [0.05, 0.1) is 4.92 Å². The van der Waals surface area contributed by atoms with Gasteiger partial charge in [0.2, 0.25) is 0 Å². The van der Waals surface area contributed by atoms with Crippen LogP contribution >= 0.6 is 0 Å². The minimum atomic E-state index is -1.84. The molecule has 0 amide bonds. The van der Waals surface area contributed by atoms with Crippen LogP contribution in [0.3, 0.4) is 0 Å². The summed E-state index contributed by atoms with van der Waals surface area (Å²) in [6, 6.07) is 25.4. The fourth-order valence-electron chi connectivity index (χ4n) is 4.13. The molecule has 0 saturated carbocycles. The third kappa shape index (κ3) is 4.29. The number of nitrogens with two attached hydrogens (primary N) is 1. The number of nitro benzene ring substituents is 1.